The van der Waals surface area contributed by atoms with Crippen LogP contribution in [0.3, 0.4) is 0 Å². The average Bonchev–Trinajstić information content (AvgIpc) is 2.73. The van der Waals surface area contributed by atoms with Crippen LogP contribution in [0.2, 0.25) is 5.02 Å². The molecule has 0 N–H and O–H groups in total. The molecule has 0 aliphatic heterocycles. The number of rotatable bonds is 12. The Balaban J connectivity index is 1.58. The third kappa shape index (κ3) is 5.76. The number of fused-ring (bicyclic) bond motifs is 2. The molecule has 0 saturated heterocycles. The van der Waals surface area contributed by atoms with E-state index in [-0.39, 0.29) is 5.43 Å². The molecule has 0 aliphatic rings. The first-order valence-electron chi connectivity index (χ1n) is 11.4. The summed E-state index contributed by atoms with van der Waals surface area (Å²) >= 11 is 8.06. The Labute approximate surface area is 189 Å². The van der Waals surface area contributed by atoms with Crippen molar-refractivity contribution in [3.8, 4) is 5.75 Å². The summed E-state index contributed by atoms with van der Waals surface area (Å²) in [6.45, 7) is 4.95. The number of hydrogen-bond donors (Lipinski definition) is 0. The van der Waals surface area contributed by atoms with E-state index in [0.717, 1.165) is 32.5 Å². The predicted molar refractivity (Wildman–Crippen MR) is 133 cm³/mol. The number of ether oxygens (including phenoxy) is 1. The topological polar surface area (TPSA) is 26.3 Å². The van der Waals surface area contributed by atoms with E-state index in [1.54, 1.807) is 11.3 Å². The monoisotopic (exact) mass is 444 g/mol. The minimum atomic E-state index is -0.00635. The smallest absolute Gasteiger partial charge is 0.197 e. The maximum atomic E-state index is 13.0. The third-order valence-electron chi connectivity index (χ3n) is 5.69. The Morgan fingerprint density at radius 2 is 1.57 bits per heavy atom. The summed E-state index contributed by atoms with van der Waals surface area (Å²) in [5.74, 6) is 0.818. The van der Waals surface area contributed by atoms with Gasteiger partial charge >= 0.3 is 0 Å². The van der Waals surface area contributed by atoms with Crippen LogP contribution in [-0.4, -0.2) is 6.61 Å². The van der Waals surface area contributed by atoms with Crippen molar-refractivity contribution in [2.75, 3.05) is 6.61 Å². The Bertz CT molecular complexity index is 1020. The van der Waals surface area contributed by atoms with Crippen molar-refractivity contribution in [1.29, 1.82) is 0 Å². The summed E-state index contributed by atoms with van der Waals surface area (Å²) in [5, 5.41) is 1.83. The molecular formula is C26H33ClO2S. The normalized spacial score (nSPS) is 11.4. The molecule has 3 aromatic rings. The molecule has 0 unspecified atom stereocenters. The highest BCUT2D eigenvalue weighted by Crippen LogP contribution is 2.38. The largest absolute Gasteiger partial charge is 0.492 e. The maximum absolute atomic E-state index is 13.0. The van der Waals surface area contributed by atoms with Gasteiger partial charge in [0.1, 0.15) is 5.75 Å². The standard InChI is InChI=1S/C26H33ClO2S/c1-3-4-5-6-7-8-9-10-11-14-17-29-25-19(2)18-21(27)23-24(28)20-15-12-13-16-22(20)30-26(23)25/h12-13,15-16,18H,3-11,14,17H2,1-2H3. The Morgan fingerprint density at radius 1 is 0.933 bits per heavy atom. The molecule has 3 rings (SSSR count). The van der Waals surface area contributed by atoms with Gasteiger partial charge in [-0.3, -0.25) is 4.79 Å². The van der Waals surface area contributed by atoms with Gasteiger partial charge in [0.05, 0.1) is 21.7 Å². The summed E-state index contributed by atoms with van der Waals surface area (Å²) in [4.78, 5) is 13.0. The van der Waals surface area contributed by atoms with Crippen LogP contribution < -0.4 is 10.2 Å². The second-order valence-corrected chi connectivity index (χ2v) is 9.63. The molecule has 1 heterocycles. The molecule has 0 radical (unpaired) electrons. The molecule has 30 heavy (non-hydrogen) atoms. The quantitative estimate of drug-likeness (QED) is 0.206. The molecule has 2 aromatic carbocycles. The van der Waals surface area contributed by atoms with Crippen molar-refractivity contribution in [3.05, 3.63) is 51.1 Å². The van der Waals surface area contributed by atoms with Crippen molar-refractivity contribution in [3.63, 3.8) is 0 Å². The van der Waals surface area contributed by atoms with E-state index in [1.165, 1.54) is 57.8 Å². The van der Waals surface area contributed by atoms with E-state index in [0.29, 0.717) is 17.0 Å². The minimum absolute atomic E-state index is 0.00635. The van der Waals surface area contributed by atoms with Gasteiger partial charge in [-0.1, -0.05) is 88.4 Å². The lowest BCUT2D eigenvalue weighted by Gasteiger charge is -2.13. The lowest BCUT2D eigenvalue weighted by Crippen LogP contribution is -2.05. The van der Waals surface area contributed by atoms with Crippen molar-refractivity contribution >= 4 is 43.1 Å². The fourth-order valence-corrected chi connectivity index (χ4v) is 5.62. The van der Waals surface area contributed by atoms with Gasteiger partial charge in [0.25, 0.3) is 0 Å². The Kier molecular flexibility index (Phi) is 9.02. The highest BCUT2D eigenvalue weighted by atomic mass is 35.5. The summed E-state index contributed by atoms with van der Waals surface area (Å²) in [7, 11) is 0. The van der Waals surface area contributed by atoms with Crippen LogP contribution in [-0.2, 0) is 0 Å². The van der Waals surface area contributed by atoms with Gasteiger partial charge < -0.3 is 4.74 Å². The molecule has 2 nitrogen and oxygen atoms in total. The van der Waals surface area contributed by atoms with E-state index >= 15 is 0 Å². The summed E-state index contributed by atoms with van der Waals surface area (Å²) in [6.07, 6.45) is 13.0. The second-order valence-electron chi connectivity index (χ2n) is 8.17. The maximum Gasteiger partial charge on any atom is 0.197 e. The predicted octanol–water partition coefficient (Wildman–Crippen LogP) is 8.68. The molecule has 0 saturated carbocycles. The molecule has 0 fully saturated rings. The van der Waals surface area contributed by atoms with Crippen LogP contribution >= 0.6 is 22.9 Å². The zero-order valence-electron chi connectivity index (χ0n) is 18.3. The van der Waals surface area contributed by atoms with Crippen molar-refractivity contribution in [2.24, 2.45) is 0 Å². The van der Waals surface area contributed by atoms with Gasteiger partial charge in [-0.15, -0.1) is 11.3 Å². The zero-order valence-corrected chi connectivity index (χ0v) is 19.8. The summed E-state index contributed by atoms with van der Waals surface area (Å²) in [6, 6.07) is 9.58. The van der Waals surface area contributed by atoms with E-state index < -0.39 is 0 Å². The number of benzene rings is 2. The molecule has 0 atom stereocenters. The molecule has 162 valence electrons. The first-order valence-corrected chi connectivity index (χ1v) is 12.6. The molecule has 0 spiro atoms. The molecule has 1 aromatic heterocycles. The van der Waals surface area contributed by atoms with Gasteiger partial charge in [0.15, 0.2) is 5.43 Å². The Morgan fingerprint density at radius 3 is 2.27 bits per heavy atom. The lowest BCUT2D eigenvalue weighted by molar-refractivity contribution is 0.306. The molecule has 0 amide bonds. The van der Waals surface area contributed by atoms with Gasteiger partial charge in [0, 0.05) is 10.1 Å². The van der Waals surface area contributed by atoms with E-state index in [9.17, 15) is 4.79 Å². The zero-order chi connectivity index (χ0) is 21.3. The lowest BCUT2D eigenvalue weighted by atomic mass is 10.1. The fraction of sp³-hybridized carbons (Fsp3) is 0.500. The highest BCUT2D eigenvalue weighted by Gasteiger charge is 2.16. The van der Waals surface area contributed by atoms with Crippen molar-refractivity contribution in [1.82, 2.24) is 0 Å². The molecular weight excluding hydrogens is 412 g/mol. The van der Waals surface area contributed by atoms with Gasteiger partial charge in [-0.05, 0) is 37.1 Å². The minimum Gasteiger partial charge on any atom is -0.492 e. The molecule has 4 heteroatoms. The number of unbranched alkanes of at least 4 members (excludes halogenated alkanes) is 9. The number of halogens is 1. The van der Waals surface area contributed by atoms with Gasteiger partial charge in [-0.25, -0.2) is 0 Å². The Hall–Kier alpha value is -1.58. The van der Waals surface area contributed by atoms with Gasteiger partial charge in [0.2, 0.25) is 0 Å². The third-order valence-corrected chi connectivity index (χ3v) is 7.16. The summed E-state index contributed by atoms with van der Waals surface area (Å²) in [5.41, 5.74) is 0.985. The summed E-state index contributed by atoms with van der Waals surface area (Å²) < 4.78 is 8.04. The second kappa shape index (κ2) is 11.7. The molecule has 0 aliphatic carbocycles. The number of aryl methyl sites for hydroxylation is 1. The van der Waals surface area contributed by atoms with Crippen LogP contribution in [0.5, 0.6) is 5.75 Å². The van der Waals surface area contributed by atoms with Crippen molar-refractivity contribution < 1.29 is 4.74 Å². The van der Waals surface area contributed by atoms with Crippen LogP contribution in [0, 0.1) is 6.92 Å². The highest BCUT2D eigenvalue weighted by molar-refractivity contribution is 7.25. The van der Waals surface area contributed by atoms with Crippen LogP contribution in [0.15, 0.2) is 35.1 Å². The van der Waals surface area contributed by atoms with E-state index in [2.05, 4.69) is 6.92 Å². The van der Waals surface area contributed by atoms with E-state index in [4.69, 9.17) is 16.3 Å². The SMILES string of the molecule is CCCCCCCCCCCCOc1c(C)cc(Cl)c2c(=O)c3ccccc3sc12. The average molecular weight is 445 g/mol. The van der Waals surface area contributed by atoms with Crippen LogP contribution in [0.4, 0.5) is 0 Å². The van der Waals surface area contributed by atoms with Gasteiger partial charge in [-0.2, -0.15) is 0 Å². The molecule has 0 bridgehead atoms. The van der Waals surface area contributed by atoms with Crippen LogP contribution in [0.25, 0.3) is 20.2 Å². The van der Waals surface area contributed by atoms with Crippen LogP contribution in [0.1, 0.15) is 76.7 Å². The number of hydrogen-bond acceptors (Lipinski definition) is 3. The first-order chi connectivity index (χ1) is 14.6. The van der Waals surface area contributed by atoms with E-state index in [1.807, 2.05) is 37.3 Å². The van der Waals surface area contributed by atoms with Crippen molar-refractivity contribution in [2.45, 2.75) is 78.1 Å². The first kappa shape index (κ1) is 23.1. The fourth-order valence-electron chi connectivity index (χ4n) is 3.97.